The summed E-state index contributed by atoms with van der Waals surface area (Å²) in [7, 11) is 0. The van der Waals surface area contributed by atoms with Crippen molar-refractivity contribution >= 4 is 17.5 Å². The minimum absolute atomic E-state index is 0.0673. The number of nitrogens with zero attached hydrogens (tertiary/aromatic N) is 4. The largest absolute Gasteiger partial charge is 0.471 e. The van der Waals surface area contributed by atoms with E-state index in [1.807, 2.05) is 0 Å². The monoisotopic (exact) mass is 504 g/mol. The van der Waals surface area contributed by atoms with Crippen LogP contribution >= 0.6 is 11.6 Å². The maximum absolute atomic E-state index is 14.0. The number of likely N-dealkylation sites (tertiary alicyclic amines) is 1. The zero-order chi connectivity index (χ0) is 24.5. The molecule has 6 rings (SSSR count). The SMILES string of the molecule is O=C(c1ccc(F)cc1-c1ncccn1)N1CC2CC23CC(Oc2ncc(C(F)(F)F)cc2Cl)C13. The van der Waals surface area contributed by atoms with Gasteiger partial charge in [-0.1, -0.05) is 11.6 Å². The molecule has 2 saturated carbocycles. The molecule has 1 aromatic carbocycles. The van der Waals surface area contributed by atoms with Gasteiger partial charge in [-0.2, -0.15) is 13.2 Å². The lowest BCUT2D eigenvalue weighted by Gasteiger charge is -2.47. The molecule has 0 radical (unpaired) electrons. The maximum atomic E-state index is 14.0. The van der Waals surface area contributed by atoms with Crippen LogP contribution in [-0.4, -0.2) is 44.4 Å². The van der Waals surface area contributed by atoms with Crippen molar-refractivity contribution in [3.8, 4) is 17.3 Å². The van der Waals surface area contributed by atoms with E-state index in [4.69, 9.17) is 16.3 Å². The standard InChI is InChI=1S/C24H17ClF4N4O2/c25-17-6-12(24(27,28)29)10-32-21(17)35-18-9-23-8-13(23)11-33(19(18)23)22(34)15-3-2-14(26)7-16(15)20-30-4-1-5-31-20/h1-7,10,13,18-19H,8-9,11H2. The lowest BCUT2D eigenvalue weighted by atomic mass is 9.73. The quantitative estimate of drug-likeness (QED) is 0.466. The zero-order valence-corrected chi connectivity index (χ0v) is 18.7. The molecule has 2 aliphatic carbocycles. The predicted octanol–water partition coefficient (Wildman–Crippen LogP) is 5.03. The van der Waals surface area contributed by atoms with Crippen molar-refractivity contribution in [1.82, 2.24) is 19.9 Å². The minimum Gasteiger partial charge on any atom is -0.471 e. The third kappa shape index (κ3) is 3.53. The van der Waals surface area contributed by atoms with E-state index in [-0.39, 0.29) is 45.2 Å². The Hall–Kier alpha value is -3.27. The first-order chi connectivity index (χ1) is 16.7. The van der Waals surface area contributed by atoms with Crippen LogP contribution in [0.5, 0.6) is 5.88 Å². The molecule has 3 fully saturated rings. The van der Waals surface area contributed by atoms with Gasteiger partial charge in [0.25, 0.3) is 5.91 Å². The minimum atomic E-state index is -4.57. The van der Waals surface area contributed by atoms with Crippen molar-refractivity contribution in [2.45, 2.75) is 31.2 Å². The molecule has 2 aromatic heterocycles. The average Bonchev–Trinajstić information content (AvgIpc) is 3.48. The molecule has 1 saturated heterocycles. The van der Waals surface area contributed by atoms with E-state index in [0.29, 0.717) is 25.1 Å². The highest BCUT2D eigenvalue weighted by Gasteiger charge is 2.76. The number of pyridine rings is 1. The highest BCUT2D eigenvalue weighted by molar-refractivity contribution is 6.31. The molecule has 4 atom stereocenters. The van der Waals surface area contributed by atoms with Crippen LogP contribution in [-0.2, 0) is 6.18 Å². The number of alkyl halides is 3. The first-order valence-electron chi connectivity index (χ1n) is 10.9. The molecule has 6 nitrogen and oxygen atoms in total. The van der Waals surface area contributed by atoms with Crippen molar-refractivity contribution in [2.24, 2.45) is 11.3 Å². The lowest BCUT2D eigenvalue weighted by Crippen LogP contribution is -2.59. The van der Waals surface area contributed by atoms with E-state index in [1.165, 1.54) is 30.6 Å². The van der Waals surface area contributed by atoms with Crippen LogP contribution in [0.15, 0.2) is 48.9 Å². The van der Waals surface area contributed by atoms with Gasteiger partial charge in [0.1, 0.15) is 16.9 Å². The Morgan fingerprint density at radius 3 is 2.63 bits per heavy atom. The highest BCUT2D eigenvalue weighted by atomic mass is 35.5. The van der Waals surface area contributed by atoms with Crippen LogP contribution in [0, 0.1) is 17.2 Å². The molecule has 1 spiro atoms. The molecule has 3 heterocycles. The van der Waals surface area contributed by atoms with E-state index in [2.05, 4.69) is 15.0 Å². The van der Waals surface area contributed by atoms with Crippen molar-refractivity contribution in [3.63, 3.8) is 0 Å². The van der Waals surface area contributed by atoms with Gasteiger partial charge in [0, 0.05) is 36.1 Å². The Labute approximate surface area is 201 Å². The average molecular weight is 505 g/mol. The molecule has 3 aliphatic rings. The van der Waals surface area contributed by atoms with Crippen molar-refractivity contribution < 1.29 is 27.1 Å². The van der Waals surface area contributed by atoms with E-state index in [1.54, 1.807) is 11.0 Å². The van der Waals surface area contributed by atoms with Gasteiger partial charge in [0.05, 0.1) is 17.2 Å². The lowest BCUT2D eigenvalue weighted by molar-refractivity contribution is -0.137. The first kappa shape index (κ1) is 22.2. The smallest absolute Gasteiger partial charge is 0.417 e. The predicted molar refractivity (Wildman–Crippen MR) is 116 cm³/mol. The zero-order valence-electron chi connectivity index (χ0n) is 18.0. The van der Waals surface area contributed by atoms with Gasteiger partial charge in [-0.25, -0.2) is 19.3 Å². The number of piperidine rings is 1. The van der Waals surface area contributed by atoms with Crippen LogP contribution < -0.4 is 4.74 Å². The second-order valence-corrected chi connectivity index (χ2v) is 9.58. The summed E-state index contributed by atoms with van der Waals surface area (Å²) in [4.78, 5) is 27.4. The topological polar surface area (TPSA) is 68.2 Å². The molecular weight excluding hydrogens is 488 g/mol. The third-order valence-electron chi connectivity index (χ3n) is 7.23. The molecular formula is C24H17ClF4N4O2. The highest BCUT2D eigenvalue weighted by Crippen LogP contribution is 2.71. The Balaban J connectivity index is 1.28. The summed E-state index contributed by atoms with van der Waals surface area (Å²) in [5.41, 5.74) is -0.478. The summed E-state index contributed by atoms with van der Waals surface area (Å²) >= 11 is 6.03. The van der Waals surface area contributed by atoms with E-state index < -0.39 is 23.7 Å². The molecule has 11 heteroatoms. The molecule has 3 aromatic rings. The number of hydrogen-bond acceptors (Lipinski definition) is 5. The number of hydrogen-bond donors (Lipinski definition) is 0. The van der Waals surface area contributed by atoms with Gasteiger partial charge in [0.15, 0.2) is 5.82 Å². The third-order valence-corrected chi connectivity index (χ3v) is 7.50. The summed E-state index contributed by atoms with van der Waals surface area (Å²) in [6.07, 6.45) is 0.274. The summed E-state index contributed by atoms with van der Waals surface area (Å²) in [6, 6.07) is 5.99. The van der Waals surface area contributed by atoms with E-state index in [0.717, 1.165) is 12.5 Å². The fourth-order valence-corrected chi connectivity index (χ4v) is 5.75. The fraction of sp³-hybridized carbons (Fsp3) is 0.333. The molecule has 4 unspecified atom stereocenters. The molecule has 1 aliphatic heterocycles. The van der Waals surface area contributed by atoms with Gasteiger partial charge in [-0.05, 0) is 49.1 Å². The fourth-order valence-electron chi connectivity index (χ4n) is 5.54. The Kier molecular flexibility index (Phi) is 4.83. The van der Waals surface area contributed by atoms with Gasteiger partial charge in [-0.3, -0.25) is 4.79 Å². The summed E-state index contributed by atoms with van der Waals surface area (Å²) in [5.74, 6) is -0.363. The number of amides is 1. The number of benzene rings is 1. The number of aromatic nitrogens is 3. The first-order valence-corrected chi connectivity index (χ1v) is 11.3. The molecule has 180 valence electrons. The van der Waals surface area contributed by atoms with E-state index in [9.17, 15) is 22.4 Å². The van der Waals surface area contributed by atoms with Gasteiger partial charge in [-0.15, -0.1) is 0 Å². The molecule has 35 heavy (non-hydrogen) atoms. The Bertz CT molecular complexity index is 1340. The Morgan fingerprint density at radius 1 is 1.14 bits per heavy atom. The van der Waals surface area contributed by atoms with Gasteiger partial charge in [0.2, 0.25) is 5.88 Å². The normalized spacial score (nSPS) is 26.5. The van der Waals surface area contributed by atoms with Crippen LogP contribution in [0.1, 0.15) is 28.8 Å². The number of carbonyl (C=O) groups is 1. The van der Waals surface area contributed by atoms with Crippen molar-refractivity contribution in [1.29, 1.82) is 0 Å². The van der Waals surface area contributed by atoms with Crippen molar-refractivity contribution in [3.05, 3.63) is 70.9 Å². The van der Waals surface area contributed by atoms with Crippen LogP contribution in [0.2, 0.25) is 5.02 Å². The summed E-state index contributed by atoms with van der Waals surface area (Å²) in [6.45, 7) is 0.518. The number of halogens is 5. The summed E-state index contributed by atoms with van der Waals surface area (Å²) < 4.78 is 58.8. The molecule has 0 bridgehead atoms. The second-order valence-electron chi connectivity index (χ2n) is 9.17. The number of carbonyl (C=O) groups excluding carboxylic acids is 1. The second kappa shape index (κ2) is 7.61. The Morgan fingerprint density at radius 2 is 1.91 bits per heavy atom. The van der Waals surface area contributed by atoms with Crippen LogP contribution in [0.4, 0.5) is 17.6 Å². The number of ether oxygens (including phenoxy) is 1. The van der Waals surface area contributed by atoms with E-state index >= 15 is 0 Å². The number of rotatable bonds is 4. The summed E-state index contributed by atoms with van der Waals surface area (Å²) in [5, 5.41) is -0.244. The van der Waals surface area contributed by atoms with Crippen molar-refractivity contribution in [2.75, 3.05) is 6.54 Å². The maximum Gasteiger partial charge on any atom is 0.417 e. The van der Waals surface area contributed by atoms with Gasteiger partial charge >= 0.3 is 6.18 Å². The van der Waals surface area contributed by atoms with Crippen LogP contribution in [0.3, 0.4) is 0 Å². The molecule has 1 amide bonds. The van der Waals surface area contributed by atoms with Crippen LogP contribution in [0.25, 0.3) is 11.4 Å². The molecule has 0 N–H and O–H groups in total. The van der Waals surface area contributed by atoms with Gasteiger partial charge < -0.3 is 9.64 Å².